The minimum Gasteiger partial charge on any atom is -0.497 e. The lowest BCUT2D eigenvalue weighted by molar-refractivity contribution is -0.116. The zero-order valence-electron chi connectivity index (χ0n) is 12.5. The van der Waals surface area contributed by atoms with Crippen molar-refractivity contribution in [1.29, 1.82) is 0 Å². The summed E-state index contributed by atoms with van der Waals surface area (Å²) < 4.78 is 7.11. The van der Waals surface area contributed by atoms with Crippen LogP contribution < -0.4 is 10.1 Å². The van der Waals surface area contributed by atoms with E-state index in [1.54, 1.807) is 13.2 Å². The van der Waals surface area contributed by atoms with Crippen LogP contribution in [-0.4, -0.2) is 22.6 Å². The number of fused-ring (bicyclic) bond motifs is 1. The van der Waals surface area contributed by atoms with E-state index in [0.29, 0.717) is 5.82 Å². The van der Waals surface area contributed by atoms with Crippen molar-refractivity contribution in [2.24, 2.45) is 0 Å². The molecule has 5 heteroatoms. The number of benzene rings is 1. The van der Waals surface area contributed by atoms with E-state index in [1.807, 2.05) is 54.1 Å². The van der Waals surface area contributed by atoms with Crippen LogP contribution >= 0.6 is 0 Å². The van der Waals surface area contributed by atoms with E-state index < -0.39 is 0 Å². The summed E-state index contributed by atoms with van der Waals surface area (Å²) in [6.07, 6.45) is 1.90. The molecule has 2 heterocycles. The van der Waals surface area contributed by atoms with Crippen molar-refractivity contribution in [3.05, 3.63) is 54.4 Å². The number of anilines is 1. The first kappa shape index (κ1) is 14.1. The predicted molar refractivity (Wildman–Crippen MR) is 86.1 cm³/mol. The fourth-order valence-electron chi connectivity index (χ4n) is 2.39. The lowest BCUT2D eigenvalue weighted by Gasteiger charge is -2.08. The van der Waals surface area contributed by atoms with E-state index in [4.69, 9.17) is 4.74 Å². The van der Waals surface area contributed by atoms with Gasteiger partial charge >= 0.3 is 0 Å². The highest BCUT2D eigenvalue weighted by Gasteiger charge is 2.08. The molecule has 22 heavy (non-hydrogen) atoms. The van der Waals surface area contributed by atoms with E-state index >= 15 is 0 Å². The number of pyridine rings is 1. The number of hydrogen-bond donors (Lipinski definition) is 1. The second-order valence-corrected chi connectivity index (χ2v) is 5.08. The van der Waals surface area contributed by atoms with E-state index in [0.717, 1.165) is 22.3 Å². The molecule has 0 unspecified atom stereocenters. The minimum atomic E-state index is -0.105. The molecule has 0 radical (unpaired) electrons. The normalized spacial score (nSPS) is 10.6. The Hall–Kier alpha value is -2.82. The Balaban J connectivity index is 1.76. The number of amides is 1. The van der Waals surface area contributed by atoms with Crippen LogP contribution in [0.1, 0.15) is 5.69 Å². The molecule has 3 aromatic rings. The maximum atomic E-state index is 12.2. The third-order valence-electron chi connectivity index (χ3n) is 3.45. The zero-order chi connectivity index (χ0) is 15.5. The number of aryl methyl sites for hydroxylation is 1. The van der Waals surface area contributed by atoms with Gasteiger partial charge in [-0.1, -0.05) is 6.07 Å². The number of ether oxygens (including phenoxy) is 1. The average molecular weight is 295 g/mol. The quantitative estimate of drug-likeness (QED) is 0.805. The number of nitrogens with zero attached hydrogens (tertiary/aromatic N) is 2. The van der Waals surface area contributed by atoms with Gasteiger partial charge in [-0.2, -0.15) is 0 Å². The van der Waals surface area contributed by atoms with Gasteiger partial charge in [0, 0.05) is 22.8 Å². The Bertz CT molecular complexity index is 824. The second kappa shape index (κ2) is 5.89. The summed E-state index contributed by atoms with van der Waals surface area (Å²) >= 11 is 0. The van der Waals surface area contributed by atoms with E-state index in [2.05, 4.69) is 10.3 Å². The Labute approximate surface area is 128 Å². The molecule has 5 nitrogen and oxygen atoms in total. The predicted octanol–water partition coefficient (Wildman–Crippen LogP) is 2.99. The molecule has 1 aromatic carbocycles. The second-order valence-electron chi connectivity index (χ2n) is 5.08. The van der Waals surface area contributed by atoms with Crippen LogP contribution in [0.4, 0.5) is 5.82 Å². The molecule has 3 rings (SSSR count). The van der Waals surface area contributed by atoms with Gasteiger partial charge in [-0.15, -0.1) is 0 Å². The van der Waals surface area contributed by atoms with Crippen LogP contribution in [0.2, 0.25) is 0 Å². The van der Waals surface area contributed by atoms with Crippen molar-refractivity contribution < 1.29 is 9.53 Å². The molecule has 0 aliphatic heterocycles. The minimum absolute atomic E-state index is 0.105. The highest BCUT2D eigenvalue weighted by Crippen LogP contribution is 2.21. The monoisotopic (exact) mass is 295 g/mol. The third kappa shape index (κ3) is 2.93. The van der Waals surface area contributed by atoms with Gasteiger partial charge in [0.05, 0.1) is 7.11 Å². The molecule has 0 saturated heterocycles. The third-order valence-corrected chi connectivity index (χ3v) is 3.45. The Morgan fingerprint density at radius 2 is 2.14 bits per heavy atom. The van der Waals surface area contributed by atoms with Crippen LogP contribution in [0.5, 0.6) is 5.75 Å². The molecular weight excluding hydrogens is 278 g/mol. The largest absolute Gasteiger partial charge is 0.497 e. The van der Waals surface area contributed by atoms with Crippen molar-refractivity contribution in [2.75, 3.05) is 12.4 Å². The van der Waals surface area contributed by atoms with Gasteiger partial charge in [0.1, 0.15) is 18.1 Å². The highest BCUT2D eigenvalue weighted by molar-refractivity contribution is 5.91. The summed E-state index contributed by atoms with van der Waals surface area (Å²) in [7, 11) is 1.64. The molecule has 2 aromatic heterocycles. The van der Waals surface area contributed by atoms with Gasteiger partial charge in [-0.25, -0.2) is 4.98 Å². The van der Waals surface area contributed by atoms with Gasteiger partial charge < -0.3 is 14.6 Å². The van der Waals surface area contributed by atoms with Crippen molar-refractivity contribution in [3.63, 3.8) is 0 Å². The van der Waals surface area contributed by atoms with Crippen molar-refractivity contribution in [1.82, 2.24) is 9.55 Å². The van der Waals surface area contributed by atoms with E-state index in [1.165, 1.54) is 0 Å². The van der Waals surface area contributed by atoms with Crippen molar-refractivity contribution in [2.45, 2.75) is 13.5 Å². The SMILES string of the molecule is COc1ccc2c(ccn2CC(=O)Nc2cccc(C)n2)c1. The first-order chi connectivity index (χ1) is 10.7. The highest BCUT2D eigenvalue weighted by atomic mass is 16.5. The number of hydrogen-bond acceptors (Lipinski definition) is 3. The number of rotatable bonds is 4. The Morgan fingerprint density at radius 3 is 2.91 bits per heavy atom. The Kier molecular flexibility index (Phi) is 3.78. The maximum Gasteiger partial charge on any atom is 0.245 e. The number of methoxy groups -OCH3 is 1. The number of nitrogens with one attached hydrogen (secondary N) is 1. The number of carbonyl (C=O) groups is 1. The summed E-state index contributed by atoms with van der Waals surface area (Å²) in [5.41, 5.74) is 1.87. The van der Waals surface area contributed by atoms with Crippen LogP contribution in [0, 0.1) is 6.92 Å². The summed E-state index contributed by atoms with van der Waals surface area (Å²) in [4.78, 5) is 16.4. The van der Waals surface area contributed by atoms with Crippen LogP contribution in [0.25, 0.3) is 10.9 Å². The van der Waals surface area contributed by atoms with Gasteiger partial charge in [0.15, 0.2) is 0 Å². The summed E-state index contributed by atoms with van der Waals surface area (Å²) in [6.45, 7) is 2.13. The van der Waals surface area contributed by atoms with Gasteiger partial charge in [-0.05, 0) is 43.3 Å². The standard InChI is InChI=1S/C17H17N3O2/c1-12-4-3-5-16(18-12)19-17(21)11-20-9-8-13-10-14(22-2)6-7-15(13)20/h3-10H,11H2,1-2H3,(H,18,19,21). The Morgan fingerprint density at radius 1 is 1.27 bits per heavy atom. The van der Waals surface area contributed by atoms with Crippen molar-refractivity contribution in [3.8, 4) is 5.75 Å². The summed E-state index contributed by atoms with van der Waals surface area (Å²) in [5, 5.41) is 3.86. The molecule has 1 N–H and O–H groups in total. The maximum absolute atomic E-state index is 12.2. The lowest BCUT2D eigenvalue weighted by atomic mass is 10.2. The number of carbonyl (C=O) groups excluding carboxylic acids is 1. The molecule has 0 fully saturated rings. The summed E-state index contributed by atoms with van der Waals surface area (Å²) in [5.74, 6) is 1.27. The molecule has 1 amide bonds. The van der Waals surface area contributed by atoms with E-state index in [9.17, 15) is 4.79 Å². The van der Waals surface area contributed by atoms with Crippen LogP contribution in [0.15, 0.2) is 48.7 Å². The first-order valence-corrected chi connectivity index (χ1v) is 7.02. The topological polar surface area (TPSA) is 56.1 Å². The molecule has 0 aliphatic carbocycles. The smallest absolute Gasteiger partial charge is 0.245 e. The molecule has 0 atom stereocenters. The zero-order valence-corrected chi connectivity index (χ0v) is 12.5. The van der Waals surface area contributed by atoms with Crippen LogP contribution in [0.3, 0.4) is 0 Å². The first-order valence-electron chi connectivity index (χ1n) is 7.02. The average Bonchev–Trinajstić information content (AvgIpc) is 2.89. The fourth-order valence-corrected chi connectivity index (χ4v) is 2.39. The van der Waals surface area contributed by atoms with Gasteiger partial charge in [0.2, 0.25) is 5.91 Å². The molecular formula is C17H17N3O2. The number of aromatic nitrogens is 2. The lowest BCUT2D eigenvalue weighted by Crippen LogP contribution is -2.19. The molecule has 0 bridgehead atoms. The van der Waals surface area contributed by atoms with Crippen molar-refractivity contribution >= 4 is 22.6 Å². The molecule has 0 saturated carbocycles. The molecule has 0 spiro atoms. The summed E-state index contributed by atoms with van der Waals surface area (Å²) in [6, 6.07) is 13.3. The van der Waals surface area contributed by atoms with Crippen LogP contribution in [-0.2, 0) is 11.3 Å². The fraction of sp³-hybridized carbons (Fsp3) is 0.176. The van der Waals surface area contributed by atoms with Gasteiger partial charge in [-0.3, -0.25) is 4.79 Å². The van der Waals surface area contributed by atoms with Gasteiger partial charge in [0.25, 0.3) is 0 Å². The molecule has 112 valence electrons. The van der Waals surface area contributed by atoms with E-state index in [-0.39, 0.29) is 12.5 Å². The molecule has 0 aliphatic rings.